The zero-order valence-electron chi connectivity index (χ0n) is 12.4. The summed E-state index contributed by atoms with van der Waals surface area (Å²) in [6.07, 6.45) is 6.60. The van der Waals surface area contributed by atoms with Crippen LogP contribution in [0.1, 0.15) is 39.0 Å². The van der Waals surface area contributed by atoms with Gasteiger partial charge in [0.05, 0.1) is 17.0 Å². The van der Waals surface area contributed by atoms with Crippen molar-refractivity contribution in [3.63, 3.8) is 0 Å². The highest BCUT2D eigenvalue weighted by molar-refractivity contribution is 5.94. The van der Waals surface area contributed by atoms with Crippen molar-refractivity contribution in [2.75, 3.05) is 11.5 Å². The summed E-state index contributed by atoms with van der Waals surface area (Å²) in [6, 6.07) is 5.72. The average molecular weight is 286 g/mol. The molecule has 3 rings (SSSR count). The van der Waals surface area contributed by atoms with E-state index in [4.69, 9.17) is 16.2 Å². The summed E-state index contributed by atoms with van der Waals surface area (Å²) in [6.45, 7) is 2.14. The Hall–Kier alpha value is -2.04. The summed E-state index contributed by atoms with van der Waals surface area (Å²) in [7, 11) is 0. The van der Waals surface area contributed by atoms with Gasteiger partial charge in [-0.2, -0.15) is 4.98 Å². The van der Waals surface area contributed by atoms with Crippen LogP contribution in [0, 0.1) is 5.92 Å². The zero-order valence-corrected chi connectivity index (χ0v) is 12.4. The minimum Gasteiger partial charge on any atom is -0.490 e. The summed E-state index contributed by atoms with van der Waals surface area (Å²) in [5, 5.41) is 0.759. The van der Waals surface area contributed by atoms with Gasteiger partial charge in [0, 0.05) is 0 Å². The van der Waals surface area contributed by atoms with Crippen molar-refractivity contribution in [2.45, 2.75) is 45.1 Å². The SMILES string of the molecule is CC(Oc1cccc2nc(N)nc(N)c12)C1CCCCC1. The van der Waals surface area contributed by atoms with Crippen LogP contribution in [0.2, 0.25) is 0 Å². The molecule has 1 atom stereocenters. The lowest BCUT2D eigenvalue weighted by atomic mass is 9.86. The first-order chi connectivity index (χ1) is 10.1. The van der Waals surface area contributed by atoms with E-state index in [-0.39, 0.29) is 12.1 Å². The first-order valence-corrected chi connectivity index (χ1v) is 7.63. The zero-order chi connectivity index (χ0) is 14.8. The third kappa shape index (κ3) is 2.86. The van der Waals surface area contributed by atoms with E-state index in [9.17, 15) is 0 Å². The van der Waals surface area contributed by atoms with E-state index in [1.54, 1.807) is 0 Å². The van der Waals surface area contributed by atoms with Gasteiger partial charge in [-0.25, -0.2) is 4.98 Å². The van der Waals surface area contributed by atoms with Crippen LogP contribution in [0.5, 0.6) is 5.75 Å². The minimum atomic E-state index is 0.174. The molecule has 2 aromatic rings. The number of benzene rings is 1. The number of hydrogen-bond acceptors (Lipinski definition) is 5. The van der Waals surface area contributed by atoms with Gasteiger partial charge in [-0.1, -0.05) is 25.3 Å². The van der Waals surface area contributed by atoms with E-state index in [2.05, 4.69) is 16.9 Å². The van der Waals surface area contributed by atoms with E-state index in [1.165, 1.54) is 32.1 Å². The summed E-state index contributed by atoms with van der Waals surface area (Å²) in [5.74, 6) is 1.94. The lowest BCUT2D eigenvalue weighted by Crippen LogP contribution is -2.25. The highest BCUT2D eigenvalue weighted by atomic mass is 16.5. The molecule has 1 aliphatic carbocycles. The molecule has 0 amide bonds. The lowest BCUT2D eigenvalue weighted by molar-refractivity contribution is 0.125. The topological polar surface area (TPSA) is 87.0 Å². The van der Waals surface area contributed by atoms with Crippen LogP contribution < -0.4 is 16.2 Å². The predicted molar refractivity (Wildman–Crippen MR) is 85.0 cm³/mol. The van der Waals surface area contributed by atoms with Gasteiger partial charge in [0.2, 0.25) is 5.95 Å². The summed E-state index contributed by atoms with van der Waals surface area (Å²) in [5.41, 5.74) is 12.4. The van der Waals surface area contributed by atoms with E-state index in [0.29, 0.717) is 11.7 Å². The molecule has 5 heteroatoms. The molecule has 0 saturated heterocycles. The van der Waals surface area contributed by atoms with Gasteiger partial charge < -0.3 is 16.2 Å². The monoisotopic (exact) mass is 286 g/mol. The maximum atomic E-state index is 6.19. The molecule has 0 aliphatic heterocycles. The average Bonchev–Trinajstić information content (AvgIpc) is 2.47. The van der Waals surface area contributed by atoms with Gasteiger partial charge in [0.25, 0.3) is 0 Å². The fraction of sp³-hybridized carbons (Fsp3) is 0.500. The molecular formula is C16H22N4O. The smallest absolute Gasteiger partial charge is 0.222 e. The molecule has 112 valence electrons. The molecule has 1 fully saturated rings. The van der Waals surface area contributed by atoms with E-state index in [1.807, 2.05) is 18.2 Å². The van der Waals surface area contributed by atoms with Gasteiger partial charge in [-0.15, -0.1) is 0 Å². The van der Waals surface area contributed by atoms with Crippen LogP contribution in [0.4, 0.5) is 11.8 Å². The van der Waals surface area contributed by atoms with Gasteiger partial charge >= 0.3 is 0 Å². The molecule has 0 spiro atoms. The van der Waals surface area contributed by atoms with Crippen molar-refractivity contribution in [3.8, 4) is 5.75 Å². The van der Waals surface area contributed by atoms with Crippen LogP contribution >= 0.6 is 0 Å². The number of anilines is 2. The Morgan fingerprint density at radius 2 is 1.90 bits per heavy atom. The second-order valence-electron chi connectivity index (χ2n) is 5.84. The van der Waals surface area contributed by atoms with Crippen LogP contribution in [0.15, 0.2) is 18.2 Å². The summed E-state index contributed by atoms with van der Waals surface area (Å²) in [4.78, 5) is 8.27. The van der Waals surface area contributed by atoms with Crippen LogP contribution in [-0.4, -0.2) is 16.1 Å². The van der Waals surface area contributed by atoms with E-state index in [0.717, 1.165) is 16.7 Å². The second-order valence-corrected chi connectivity index (χ2v) is 5.84. The number of hydrogen-bond donors (Lipinski definition) is 2. The van der Waals surface area contributed by atoms with Crippen molar-refractivity contribution in [2.24, 2.45) is 5.92 Å². The quantitative estimate of drug-likeness (QED) is 0.905. The largest absolute Gasteiger partial charge is 0.490 e. The number of nitrogens with zero attached hydrogens (tertiary/aromatic N) is 2. The normalized spacial score (nSPS) is 17.8. The van der Waals surface area contributed by atoms with Gasteiger partial charge in [-0.3, -0.25) is 0 Å². The Morgan fingerprint density at radius 1 is 1.14 bits per heavy atom. The molecular weight excluding hydrogens is 264 g/mol. The Labute approximate surface area is 124 Å². The number of ether oxygens (including phenoxy) is 1. The van der Waals surface area contributed by atoms with Gasteiger partial charge in [0.15, 0.2) is 0 Å². The van der Waals surface area contributed by atoms with Crippen LogP contribution in [-0.2, 0) is 0 Å². The predicted octanol–water partition coefficient (Wildman–Crippen LogP) is 3.14. The van der Waals surface area contributed by atoms with Crippen molar-refractivity contribution in [1.29, 1.82) is 0 Å². The number of nitrogens with two attached hydrogens (primary N) is 2. The first kappa shape index (κ1) is 13.9. The Kier molecular flexibility index (Phi) is 3.82. The Morgan fingerprint density at radius 3 is 2.67 bits per heavy atom. The highest BCUT2D eigenvalue weighted by Crippen LogP contribution is 2.33. The number of aromatic nitrogens is 2. The van der Waals surface area contributed by atoms with Crippen molar-refractivity contribution >= 4 is 22.7 Å². The molecule has 1 heterocycles. The van der Waals surface area contributed by atoms with Crippen LogP contribution in [0.3, 0.4) is 0 Å². The van der Waals surface area contributed by atoms with Gasteiger partial charge in [0.1, 0.15) is 11.6 Å². The van der Waals surface area contributed by atoms with Crippen molar-refractivity contribution in [3.05, 3.63) is 18.2 Å². The molecule has 1 saturated carbocycles. The number of rotatable bonds is 3. The number of nitrogen functional groups attached to an aromatic ring is 2. The molecule has 1 aliphatic rings. The van der Waals surface area contributed by atoms with E-state index >= 15 is 0 Å². The number of fused-ring (bicyclic) bond motifs is 1. The first-order valence-electron chi connectivity index (χ1n) is 7.63. The fourth-order valence-electron chi connectivity index (χ4n) is 3.20. The molecule has 1 aromatic heterocycles. The molecule has 21 heavy (non-hydrogen) atoms. The molecule has 1 aromatic carbocycles. The Balaban J connectivity index is 1.89. The maximum Gasteiger partial charge on any atom is 0.222 e. The minimum absolute atomic E-state index is 0.174. The van der Waals surface area contributed by atoms with Crippen molar-refractivity contribution in [1.82, 2.24) is 9.97 Å². The standard InChI is InChI=1S/C16H22N4O/c1-10(11-6-3-2-4-7-11)21-13-9-5-8-12-14(13)15(17)20-16(18)19-12/h5,8-11H,2-4,6-7H2,1H3,(H4,17,18,19,20). The third-order valence-corrected chi connectivity index (χ3v) is 4.36. The highest BCUT2D eigenvalue weighted by Gasteiger charge is 2.22. The molecule has 5 nitrogen and oxygen atoms in total. The second kappa shape index (κ2) is 5.76. The lowest BCUT2D eigenvalue weighted by Gasteiger charge is -2.28. The maximum absolute atomic E-state index is 6.19. The molecule has 0 bridgehead atoms. The third-order valence-electron chi connectivity index (χ3n) is 4.36. The van der Waals surface area contributed by atoms with E-state index < -0.39 is 0 Å². The summed E-state index contributed by atoms with van der Waals surface area (Å²) >= 11 is 0. The fourth-order valence-corrected chi connectivity index (χ4v) is 3.20. The summed E-state index contributed by atoms with van der Waals surface area (Å²) < 4.78 is 6.19. The molecule has 1 unspecified atom stereocenters. The molecule has 4 N–H and O–H groups in total. The van der Waals surface area contributed by atoms with Crippen LogP contribution in [0.25, 0.3) is 10.9 Å². The molecule has 0 radical (unpaired) electrons. The Bertz CT molecular complexity index is 637. The van der Waals surface area contributed by atoms with Gasteiger partial charge in [-0.05, 0) is 37.8 Å². The van der Waals surface area contributed by atoms with Crippen molar-refractivity contribution < 1.29 is 4.74 Å².